The van der Waals surface area contributed by atoms with E-state index < -0.39 is 5.97 Å². The van der Waals surface area contributed by atoms with Gasteiger partial charge in [0.15, 0.2) is 4.32 Å². The third kappa shape index (κ3) is 4.00. The molecule has 2 aromatic carbocycles. The zero-order chi connectivity index (χ0) is 21.1. The lowest BCUT2D eigenvalue weighted by Crippen LogP contribution is -2.27. The van der Waals surface area contributed by atoms with E-state index in [1.54, 1.807) is 55.7 Å². The molecule has 2 heterocycles. The molecule has 6 nitrogen and oxygen atoms in total. The Labute approximate surface area is 182 Å². The van der Waals surface area contributed by atoms with Crippen LogP contribution >= 0.6 is 24.0 Å². The molecule has 0 bridgehead atoms. The summed E-state index contributed by atoms with van der Waals surface area (Å²) < 4.78 is 16.1. The van der Waals surface area contributed by atoms with Crippen LogP contribution in [0.3, 0.4) is 0 Å². The van der Waals surface area contributed by atoms with Crippen LogP contribution in [0.25, 0.3) is 6.08 Å². The maximum absolute atomic E-state index is 13.0. The number of methoxy groups -OCH3 is 1. The molecule has 1 amide bonds. The van der Waals surface area contributed by atoms with Crippen molar-refractivity contribution in [1.29, 1.82) is 0 Å². The van der Waals surface area contributed by atoms with Gasteiger partial charge in [-0.2, -0.15) is 0 Å². The Morgan fingerprint density at radius 3 is 2.73 bits per heavy atom. The van der Waals surface area contributed by atoms with Gasteiger partial charge in [0.1, 0.15) is 11.5 Å². The Hall–Kier alpha value is -3.36. The van der Waals surface area contributed by atoms with Gasteiger partial charge in [0.05, 0.1) is 24.0 Å². The van der Waals surface area contributed by atoms with Crippen molar-refractivity contribution < 1.29 is 23.5 Å². The van der Waals surface area contributed by atoms with Crippen LogP contribution in [0.2, 0.25) is 0 Å². The van der Waals surface area contributed by atoms with Crippen molar-refractivity contribution >= 4 is 51.9 Å². The maximum atomic E-state index is 13.0. The van der Waals surface area contributed by atoms with Crippen molar-refractivity contribution in [2.45, 2.75) is 0 Å². The highest BCUT2D eigenvalue weighted by atomic mass is 32.2. The molecule has 0 N–H and O–H groups in total. The molecule has 0 saturated carbocycles. The first kappa shape index (κ1) is 19.9. The maximum Gasteiger partial charge on any atom is 0.379 e. The minimum absolute atomic E-state index is 0.109. The molecule has 0 atom stereocenters. The number of anilines is 1. The summed E-state index contributed by atoms with van der Waals surface area (Å²) in [5.41, 5.74) is 1.28. The lowest BCUT2D eigenvalue weighted by atomic mass is 10.2. The van der Waals surface area contributed by atoms with Crippen molar-refractivity contribution in [3.05, 3.63) is 83.2 Å². The molecule has 4 rings (SSSR count). The molecule has 150 valence electrons. The lowest BCUT2D eigenvalue weighted by molar-refractivity contribution is -0.113. The van der Waals surface area contributed by atoms with Gasteiger partial charge in [-0.05, 0) is 48.0 Å². The molecule has 8 heteroatoms. The van der Waals surface area contributed by atoms with Gasteiger partial charge in [-0.25, -0.2) is 4.79 Å². The number of nitrogens with zero attached hydrogens (tertiary/aromatic N) is 1. The highest BCUT2D eigenvalue weighted by Crippen LogP contribution is 2.39. The number of carbonyl (C=O) groups excluding carboxylic acids is 2. The summed E-state index contributed by atoms with van der Waals surface area (Å²) in [5.74, 6) is 0.164. The van der Waals surface area contributed by atoms with Gasteiger partial charge in [0, 0.05) is 0 Å². The summed E-state index contributed by atoms with van der Waals surface area (Å²) >= 11 is 6.62. The Bertz CT molecular complexity index is 1150. The van der Waals surface area contributed by atoms with Crippen LogP contribution < -0.4 is 14.4 Å². The van der Waals surface area contributed by atoms with Crippen LogP contribution in [-0.2, 0) is 4.79 Å². The summed E-state index contributed by atoms with van der Waals surface area (Å²) in [4.78, 5) is 27.0. The molecule has 1 fully saturated rings. The van der Waals surface area contributed by atoms with E-state index in [9.17, 15) is 9.59 Å². The molecule has 0 aliphatic carbocycles. The van der Waals surface area contributed by atoms with E-state index in [2.05, 4.69) is 0 Å². The number of ether oxygens (including phenoxy) is 2. The van der Waals surface area contributed by atoms with E-state index in [1.165, 1.54) is 29.0 Å². The van der Waals surface area contributed by atoms with Crippen molar-refractivity contribution in [2.75, 3.05) is 12.0 Å². The van der Waals surface area contributed by atoms with Crippen molar-refractivity contribution in [3.63, 3.8) is 0 Å². The van der Waals surface area contributed by atoms with Crippen molar-refractivity contribution in [2.24, 2.45) is 0 Å². The molecule has 1 aliphatic heterocycles. The first-order chi connectivity index (χ1) is 14.6. The van der Waals surface area contributed by atoms with Crippen LogP contribution in [0.5, 0.6) is 11.5 Å². The number of furan rings is 1. The fraction of sp³-hybridized carbons (Fsp3) is 0.0455. The van der Waals surface area contributed by atoms with Crippen LogP contribution in [0.4, 0.5) is 5.69 Å². The number of rotatable bonds is 5. The monoisotopic (exact) mass is 437 g/mol. The molecule has 1 aliphatic rings. The topological polar surface area (TPSA) is 69.0 Å². The standard InChI is InChI=1S/C22H15NO5S2/c1-26-17-9-3-2-8-16(17)23-20(24)19(30-22(23)29)13-14-6-4-7-15(12-14)28-21(25)18-10-5-11-27-18/h2-13H,1H3. The second kappa shape index (κ2) is 8.56. The Morgan fingerprint density at radius 2 is 1.97 bits per heavy atom. The third-order valence-electron chi connectivity index (χ3n) is 4.21. The number of esters is 1. The van der Waals surface area contributed by atoms with Crippen LogP contribution in [0.15, 0.2) is 76.2 Å². The minimum Gasteiger partial charge on any atom is -0.495 e. The van der Waals surface area contributed by atoms with E-state index in [-0.39, 0.29) is 11.7 Å². The second-order valence-electron chi connectivity index (χ2n) is 6.13. The molecular formula is C22H15NO5S2. The quantitative estimate of drug-likeness (QED) is 0.243. The molecule has 30 heavy (non-hydrogen) atoms. The highest BCUT2D eigenvalue weighted by Gasteiger charge is 2.34. The molecule has 0 radical (unpaired) electrons. The van der Waals surface area contributed by atoms with E-state index in [0.29, 0.717) is 32.0 Å². The molecule has 0 unspecified atom stereocenters. The van der Waals surface area contributed by atoms with Crippen molar-refractivity contribution in [1.82, 2.24) is 0 Å². The zero-order valence-corrected chi connectivity index (χ0v) is 17.4. The van der Waals surface area contributed by atoms with E-state index in [1.807, 2.05) is 12.1 Å². The SMILES string of the molecule is COc1ccccc1N1C(=O)C(=Cc2cccc(OC(=O)c3ccco3)c2)SC1=S. The molecule has 0 spiro atoms. The third-order valence-corrected chi connectivity index (χ3v) is 5.51. The lowest BCUT2D eigenvalue weighted by Gasteiger charge is -2.17. The Morgan fingerprint density at radius 1 is 1.13 bits per heavy atom. The van der Waals surface area contributed by atoms with Crippen molar-refractivity contribution in [3.8, 4) is 11.5 Å². The molecule has 3 aromatic rings. The highest BCUT2D eigenvalue weighted by molar-refractivity contribution is 8.27. The van der Waals surface area contributed by atoms with E-state index in [4.69, 9.17) is 26.1 Å². The fourth-order valence-corrected chi connectivity index (χ4v) is 4.15. The summed E-state index contributed by atoms with van der Waals surface area (Å²) in [6, 6.07) is 17.2. The average molecular weight is 437 g/mol. The first-order valence-corrected chi connectivity index (χ1v) is 10.1. The van der Waals surface area contributed by atoms with Gasteiger partial charge >= 0.3 is 5.97 Å². The molecule has 1 aromatic heterocycles. The van der Waals surface area contributed by atoms with Gasteiger partial charge in [0.25, 0.3) is 5.91 Å². The number of thioether (sulfide) groups is 1. The first-order valence-electron chi connectivity index (χ1n) is 8.83. The average Bonchev–Trinajstić information content (AvgIpc) is 3.37. The predicted molar refractivity (Wildman–Crippen MR) is 119 cm³/mol. The predicted octanol–water partition coefficient (Wildman–Crippen LogP) is 4.91. The minimum atomic E-state index is -0.598. The van der Waals surface area contributed by atoms with Crippen LogP contribution in [-0.4, -0.2) is 23.3 Å². The summed E-state index contributed by atoms with van der Waals surface area (Å²) in [6.07, 6.45) is 3.11. The van der Waals surface area contributed by atoms with Gasteiger partial charge in [0.2, 0.25) is 5.76 Å². The fourth-order valence-electron chi connectivity index (χ4n) is 2.86. The van der Waals surface area contributed by atoms with E-state index >= 15 is 0 Å². The smallest absolute Gasteiger partial charge is 0.379 e. The molecule has 1 saturated heterocycles. The number of carbonyl (C=O) groups is 2. The van der Waals surface area contributed by atoms with Gasteiger partial charge in [-0.3, -0.25) is 9.69 Å². The number of hydrogen-bond donors (Lipinski definition) is 0. The number of para-hydroxylation sites is 2. The second-order valence-corrected chi connectivity index (χ2v) is 7.80. The van der Waals surface area contributed by atoms with E-state index in [0.717, 1.165) is 0 Å². The number of benzene rings is 2. The van der Waals surface area contributed by atoms with Gasteiger partial charge < -0.3 is 13.9 Å². The molecular weight excluding hydrogens is 422 g/mol. The number of hydrogen-bond acceptors (Lipinski definition) is 7. The van der Waals surface area contributed by atoms with Gasteiger partial charge in [-0.1, -0.05) is 48.2 Å². The Kier molecular flexibility index (Phi) is 5.69. The number of thiocarbonyl (C=S) groups is 1. The largest absolute Gasteiger partial charge is 0.495 e. The van der Waals surface area contributed by atoms with Crippen LogP contribution in [0, 0.1) is 0 Å². The summed E-state index contributed by atoms with van der Waals surface area (Å²) in [7, 11) is 1.54. The summed E-state index contributed by atoms with van der Waals surface area (Å²) in [6.45, 7) is 0. The zero-order valence-electron chi connectivity index (χ0n) is 15.7. The summed E-state index contributed by atoms with van der Waals surface area (Å²) in [5, 5.41) is 0. The van der Waals surface area contributed by atoms with Gasteiger partial charge in [-0.15, -0.1) is 0 Å². The van der Waals surface area contributed by atoms with Crippen LogP contribution in [0.1, 0.15) is 16.1 Å². The number of amides is 1. The Balaban J connectivity index is 1.57. The normalized spacial score (nSPS) is 15.0.